The second-order valence-corrected chi connectivity index (χ2v) is 4.30. The zero-order valence-corrected chi connectivity index (χ0v) is 11.2. The second kappa shape index (κ2) is 6.06. The molecule has 86 valence electrons. The molecule has 0 fully saturated rings. The van der Waals surface area contributed by atoms with Crippen molar-refractivity contribution >= 4 is 39.6 Å². The summed E-state index contributed by atoms with van der Waals surface area (Å²) in [6.07, 6.45) is 2.16. The average molecular weight is 304 g/mol. The molecule has 1 aromatic rings. The van der Waals surface area contributed by atoms with Crippen LogP contribution in [0.3, 0.4) is 0 Å². The van der Waals surface area contributed by atoms with Gasteiger partial charge in [-0.15, -0.1) is 0 Å². The van der Waals surface area contributed by atoms with E-state index in [1.54, 1.807) is 18.2 Å². The minimum atomic E-state index is -0.886. The molecule has 0 bridgehead atoms. The molecular formula is C12H12BrClO2. The Labute approximate surface area is 108 Å². The zero-order chi connectivity index (χ0) is 12.1. The molecule has 0 spiro atoms. The molecule has 1 aromatic carbocycles. The SMILES string of the molecule is CCC(=Cc1cc(Cl)ccc1CBr)C(=O)O. The standard InChI is InChI=1S/C12H12BrClO2/c1-2-8(12(15)16)5-10-6-11(14)4-3-9(10)7-13/h3-6H,2,7H2,1H3,(H,15,16). The number of hydrogen-bond donors (Lipinski definition) is 1. The molecule has 0 unspecified atom stereocenters. The van der Waals surface area contributed by atoms with E-state index in [0.717, 1.165) is 11.1 Å². The quantitative estimate of drug-likeness (QED) is 0.671. The Balaban J connectivity index is 3.20. The van der Waals surface area contributed by atoms with Crippen molar-refractivity contribution in [2.75, 3.05) is 0 Å². The van der Waals surface area contributed by atoms with Crippen LogP contribution in [0.4, 0.5) is 0 Å². The molecule has 0 radical (unpaired) electrons. The van der Waals surface area contributed by atoms with E-state index in [2.05, 4.69) is 15.9 Å². The third kappa shape index (κ3) is 3.35. The van der Waals surface area contributed by atoms with Crippen molar-refractivity contribution in [3.8, 4) is 0 Å². The molecule has 0 aliphatic rings. The lowest BCUT2D eigenvalue weighted by molar-refractivity contribution is -0.132. The van der Waals surface area contributed by atoms with Gasteiger partial charge >= 0.3 is 5.97 Å². The van der Waals surface area contributed by atoms with Gasteiger partial charge in [-0.3, -0.25) is 0 Å². The first-order chi connectivity index (χ1) is 7.58. The zero-order valence-electron chi connectivity index (χ0n) is 8.84. The number of aliphatic carboxylic acids is 1. The van der Waals surface area contributed by atoms with Crippen LogP contribution in [0.2, 0.25) is 5.02 Å². The topological polar surface area (TPSA) is 37.3 Å². The third-order valence-corrected chi connectivity index (χ3v) is 3.08. The molecular weight excluding hydrogens is 291 g/mol. The van der Waals surface area contributed by atoms with Gasteiger partial charge in [-0.25, -0.2) is 4.79 Å². The number of halogens is 2. The van der Waals surface area contributed by atoms with Gasteiger partial charge in [0.2, 0.25) is 0 Å². The number of hydrogen-bond acceptors (Lipinski definition) is 1. The summed E-state index contributed by atoms with van der Waals surface area (Å²) >= 11 is 9.25. The number of benzene rings is 1. The maximum Gasteiger partial charge on any atom is 0.331 e. The molecule has 16 heavy (non-hydrogen) atoms. The summed E-state index contributed by atoms with van der Waals surface area (Å²) in [7, 11) is 0. The van der Waals surface area contributed by atoms with Crippen molar-refractivity contribution in [1.82, 2.24) is 0 Å². The summed E-state index contributed by atoms with van der Waals surface area (Å²) in [5.74, 6) is -0.886. The number of carboxylic acid groups (broad SMARTS) is 1. The van der Waals surface area contributed by atoms with Crippen LogP contribution < -0.4 is 0 Å². The van der Waals surface area contributed by atoms with E-state index in [4.69, 9.17) is 16.7 Å². The number of carboxylic acids is 1. The predicted octanol–water partition coefficient (Wildman–Crippen LogP) is 4.11. The van der Waals surface area contributed by atoms with Gasteiger partial charge in [0.1, 0.15) is 0 Å². The van der Waals surface area contributed by atoms with Gasteiger partial charge in [-0.2, -0.15) is 0 Å². The lowest BCUT2D eigenvalue weighted by Crippen LogP contribution is -1.99. The van der Waals surface area contributed by atoms with E-state index >= 15 is 0 Å². The summed E-state index contributed by atoms with van der Waals surface area (Å²) < 4.78 is 0. The fourth-order valence-corrected chi connectivity index (χ4v) is 2.02. The van der Waals surface area contributed by atoms with Gasteiger partial charge in [-0.1, -0.05) is 40.5 Å². The highest BCUT2D eigenvalue weighted by molar-refractivity contribution is 9.08. The summed E-state index contributed by atoms with van der Waals surface area (Å²) in [5.41, 5.74) is 2.25. The average Bonchev–Trinajstić information content (AvgIpc) is 2.25. The van der Waals surface area contributed by atoms with E-state index in [1.807, 2.05) is 13.0 Å². The second-order valence-electron chi connectivity index (χ2n) is 3.31. The molecule has 4 heteroatoms. The largest absolute Gasteiger partial charge is 0.478 e. The third-order valence-electron chi connectivity index (χ3n) is 2.24. The number of carbonyl (C=O) groups is 1. The Morgan fingerprint density at radius 3 is 2.75 bits per heavy atom. The van der Waals surface area contributed by atoms with Gasteiger partial charge in [0.05, 0.1) is 0 Å². The Kier molecular flexibility index (Phi) is 5.03. The summed E-state index contributed by atoms with van der Waals surface area (Å²) in [5, 5.41) is 10.2. The van der Waals surface area contributed by atoms with Crippen molar-refractivity contribution in [2.45, 2.75) is 18.7 Å². The maximum absolute atomic E-state index is 10.9. The van der Waals surface area contributed by atoms with Crippen LogP contribution in [0.5, 0.6) is 0 Å². The van der Waals surface area contributed by atoms with Crippen LogP contribution in [-0.4, -0.2) is 11.1 Å². The molecule has 0 aliphatic carbocycles. The number of rotatable bonds is 4. The van der Waals surface area contributed by atoms with Gasteiger partial charge < -0.3 is 5.11 Å². The van der Waals surface area contributed by atoms with Crippen LogP contribution in [0.25, 0.3) is 6.08 Å². The smallest absolute Gasteiger partial charge is 0.331 e. The van der Waals surface area contributed by atoms with Crippen molar-refractivity contribution in [3.63, 3.8) is 0 Å². The molecule has 0 amide bonds. The molecule has 0 saturated heterocycles. The molecule has 1 rings (SSSR count). The van der Waals surface area contributed by atoms with E-state index in [-0.39, 0.29) is 0 Å². The van der Waals surface area contributed by atoms with E-state index in [1.165, 1.54) is 0 Å². The van der Waals surface area contributed by atoms with Crippen molar-refractivity contribution in [3.05, 3.63) is 39.9 Å². The fraction of sp³-hybridized carbons (Fsp3) is 0.250. The molecule has 0 heterocycles. The summed E-state index contributed by atoms with van der Waals surface area (Å²) in [6.45, 7) is 1.82. The summed E-state index contributed by atoms with van der Waals surface area (Å²) in [4.78, 5) is 10.9. The highest BCUT2D eigenvalue weighted by Gasteiger charge is 2.07. The first-order valence-electron chi connectivity index (χ1n) is 4.86. The number of alkyl halides is 1. The van der Waals surface area contributed by atoms with Crippen LogP contribution in [0.1, 0.15) is 24.5 Å². The van der Waals surface area contributed by atoms with Crippen molar-refractivity contribution in [1.29, 1.82) is 0 Å². The van der Waals surface area contributed by atoms with Crippen LogP contribution >= 0.6 is 27.5 Å². The van der Waals surface area contributed by atoms with Crippen molar-refractivity contribution in [2.24, 2.45) is 0 Å². The molecule has 0 atom stereocenters. The van der Waals surface area contributed by atoms with Crippen LogP contribution in [0.15, 0.2) is 23.8 Å². The maximum atomic E-state index is 10.9. The van der Waals surface area contributed by atoms with Gasteiger partial charge in [-0.05, 0) is 35.8 Å². The molecule has 2 nitrogen and oxygen atoms in total. The minimum Gasteiger partial charge on any atom is -0.478 e. The van der Waals surface area contributed by atoms with Crippen LogP contribution in [-0.2, 0) is 10.1 Å². The van der Waals surface area contributed by atoms with Crippen LogP contribution in [0, 0.1) is 0 Å². The Hall–Kier alpha value is -0.800. The first-order valence-corrected chi connectivity index (χ1v) is 6.36. The Bertz CT molecular complexity index is 427. The lowest BCUT2D eigenvalue weighted by atomic mass is 10.0. The van der Waals surface area contributed by atoms with Gasteiger partial charge in [0, 0.05) is 15.9 Å². The molecule has 0 aliphatic heterocycles. The summed E-state index contributed by atoms with van der Waals surface area (Å²) in [6, 6.07) is 5.46. The molecule has 0 aromatic heterocycles. The van der Waals surface area contributed by atoms with Gasteiger partial charge in [0.25, 0.3) is 0 Å². The Morgan fingerprint density at radius 2 is 2.25 bits per heavy atom. The normalized spacial score (nSPS) is 11.6. The lowest BCUT2D eigenvalue weighted by Gasteiger charge is -2.05. The van der Waals surface area contributed by atoms with E-state index in [9.17, 15) is 4.79 Å². The minimum absolute atomic E-state index is 0.379. The molecule has 1 N–H and O–H groups in total. The Morgan fingerprint density at radius 1 is 1.56 bits per heavy atom. The fourth-order valence-electron chi connectivity index (χ4n) is 1.32. The first kappa shape index (κ1) is 13.3. The molecule has 0 saturated carbocycles. The highest BCUT2D eigenvalue weighted by Crippen LogP contribution is 2.21. The van der Waals surface area contributed by atoms with Crippen molar-refractivity contribution < 1.29 is 9.90 Å². The van der Waals surface area contributed by atoms with Gasteiger partial charge in [0.15, 0.2) is 0 Å². The monoisotopic (exact) mass is 302 g/mol. The van der Waals surface area contributed by atoms with E-state index in [0.29, 0.717) is 22.3 Å². The van der Waals surface area contributed by atoms with E-state index < -0.39 is 5.97 Å². The highest BCUT2D eigenvalue weighted by atomic mass is 79.9. The predicted molar refractivity (Wildman–Crippen MR) is 70.0 cm³/mol.